The van der Waals surface area contributed by atoms with Crippen molar-refractivity contribution in [2.45, 2.75) is 6.42 Å². The van der Waals surface area contributed by atoms with E-state index >= 15 is 0 Å². The summed E-state index contributed by atoms with van der Waals surface area (Å²) in [6.45, 7) is 6.41. The molecule has 0 saturated carbocycles. The first-order chi connectivity index (χ1) is 10.7. The molecule has 0 aliphatic carbocycles. The van der Waals surface area contributed by atoms with Gasteiger partial charge in [0.05, 0.1) is 7.11 Å². The summed E-state index contributed by atoms with van der Waals surface area (Å²) >= 11 is 0. The summed E-state index contributed by atoms with van der Waals surface area (Å²) in [7, 11) is 1.55. The highest BCUT2D eigenvalue weighted by molar-refractivity contribution is 5.95. The van der Waals surface area contributed by atoms with E-state index in [2.05, 4.69) is 23.3 Å². The summed E-state index contributed by atoms with van der Waals surface area (Å²) < 4.78 is 10.7. The van der Waals surface area contributed by atoms with E-state index in [9.17, 15) is 4.79 Å². The van der Waals surface area contributed by atoms with Crippen molar-refractivity contribution >= 4 is 18.3 Å². The highest BCUT2D eigenvalue weighted by atomic mass is 35.5. The van der Waals surface area contributed by atoms with E-state index in [1.54, 1.807) is 31.4 Å². The van der Waals surface area contributed by atoms with Crippen LogP contribution < -0.4 is 20.1 Å². The molecule has 1 aliphatic heterocycles. The van der Waals surface area contributed by atoms with Crippen LogP contribution in [0.5, 0.6) is 11.5 Å². The third kappa shape index (κ3) is 5.62. The molecule has 0 bridgehead atoms. The maximum Gasteiger partial charge on any atom is 0.251 e. The molecule has 0 radical (unpaired) electrons. The summed E-state index contributed by atoms with van der Waals surface area (Å²) in [5.41, 5.74) is 1.81. The molecule has 0 atom stereocenters. The molecule has 2 rings (SSSR count). The highest BCUT2D eigenvalue weighted by Gasteiger charge is 2.12. The highest BCUT2D eigenvalue weighted by Crippen LogP contribution is 2.28. The second-order valence-corrected chi connectivity index (χ2v) is 4.96. The standard InChI is InChI=1S/C17H22N2O3.ClH/c1-3-10-22-15-5-4-14(11-16(15)21-2)17(20)19-12-13-6-8-18-9-7-13;/h3-6,11,18H,1,7-10,12H2,2H3,(H,19,20);1H. The second-order valence-electron chi connectivity index (χ2n) is 4.96. The zero-order valence-corrected chi connectivity index (χ0v) is 14.1. The molecule has 5 nitrogen and oxygen atoms in total. The first-order valence-corrected chi connectivity index (χ1v) is 7.33. The van der Waals surface area contributed by atoms with Crippen LogP contribution in [-0.2, 0) is 0 Å². The van der Waals surface area contributed by atoms with Gasteiger partial charge in [-0.25, -0.2) is 0 Å². The Bertz CT molecular complexity index is 573. The van der Waals surface area contributed by atoms with Crippen molar-refractivity contribution in [3.63, 3.8) is 0 Å². The predicted molar refractivity (Wildman–Crippen MR) is 93.8 cm³/mol. The first-order valence-electron chi connectivity index (χ1n) is 7.33. The molecule has 2 N–H and O–H groups in total. The van der Waals surface area contributed by atoms with Gasteiger partial charge in [-0.15, -0.1) is 12.4 Å². The Hall–Kier alpha value is -1.98. The normalized spacial score (nSPS) is 13.3. The SMILES string of the molecule is C=CCOc1ccc(C(=O)NCC2=CCNCC2)cc1OC.Cl. The lowest BCUT2D eigenvalue weighted by atomic mass is 10.1. The molecule has 0 spiro atoms. The minimum atomic E-state index is -0.118. The molecule has 0 fully saturated rings. The van der Waals surface area contributed by atoms with Crippen LogP contribution in [0, 0.1) is 0 Å². The molecule has 0 unspecified atom stereocenters. The van der Waals surface area contributed by atoms with Gasteiger partial charge in [-0.05, 0) is 31.2 Å². The van der Waals surface area contributed by atoms with Crippen LogP contribution in [0.15, 0.2) is 42.5 Å². The first kappa shape index (κ1) is 19.1. The minimum Gasteiger partial charge on any atom is -0.493 e. The number of nitrogens with one attached hydrogen (secondary N) is 2. The van der Waals surface area contributed by atoms with Crippen LogP contribution in [0.2, 0.25) is 0 Å². The lowest BCUT2D eigenvalue weighted by Gasteiger charge is -2.15. The number of benzene rings is 1. The number of carbonyl (C=O) groups excluding carboxylic acids is 1. The maximum atomic E-state index is 12.2. The molecule has 1 amide bonds. The number of ether oxygens (including phenoxy) is 2. The van der Waals surface area contributed by atoms with E-state index in [4.69, 9.17) is 9.47 Å². The van der Waals surface area contributed by atoms with Crippen LogP contribution in [0.1, 0.15) is 16.8 Å². The van der Waals surface area contributed by atoms with E-state index < -0.39 is 0 Å². The van der Waals surface area contributed by atoms with Crippen molar-refractivity contribution < 1.29 is 14.3 Å². The molecular weight excluding hydrogens is 316 g/mol. The Morgan fingerprint density at radius 1 is 1.43 bits per heavy atom. The van der Waals surface area contributed by atoms with Crippen molar-refractivity contribution in [2.24, 2.45) is 0 Å². The average molecular weight is 339 g/mol. The molecule has 1 aliphatic rings. The molecule has 1 aromatic rings. The Morgan fingerprint density at radius 3 is 2.91 bits per heavy atom. The zero-order chi connectivity index (χ0) is 15.8. The van der Waals surface area contributed by atoms with Crippen LogP contribution >= 0.6 is 12.4 Å². The molecular formula is C17H23ClN2O3. The van der Waals surface area contributed by atoms with Gasteiger partial charge >= 0.3 is 0 Å². The van der Waals surface area contributed by atoms with Gasteiger partial charge in [-0.2, -0.15) is 0 Å². The van der Waals surface area contributed by atoms with E-state index in [0.717, 1.165) is 19.5 Å². The summed E-state index contributed by atoms with van der Waals surface area (Å²) in [6.07, 6.45) is 4.75. The zero-order valence-electron chi connectivity index (χ0n) is 13.3. The number of amides is 1. The Kier molecular flexibility index (Phi) is 8.22. The lowest BCUT2D eigenvalue weighted by molar-refractivity contribution is 0.0956. The maximum absolute atomic E-state index is 12.2. The van der Waals surface area contributed by atoms with Crippen LogP contribution in [0.3, 0.4) is 0 Å². The Labute approximate surface area is 143 Å². The van der Waals surface area contributed by atoms with Gasteiger partial charge < -0.3 is 20.1 Å². The third-order valence-electron chi connectivity index (χ3n) is 3.42. The molecule has 0 saturated heterocycles. The van der Waals surface area contributed by atoms with Gasteiger partial charge in [0.15, 0.2) is 11.5 Å². The number of rotatable bonds is 7. The second kappa shape index (κ2) is 9.92. The van der Waals surface area contributed by atoms with E-state index in [1.807, 2.05) is 0 Å². The third-order valence-corrected chi connectivity index (χ3v) is 3.42. The molecule has 1 aromatic carbocycles. The van der Waals surface area contributed by atoms with Crippen molar-refractivity contribution in [3.8, 4) is 11.5 Å². The molecule has 23 heavy (non-hydrogen) atoms. The van der Waals surface area contributed by atoms with E-state index in [-0.39, 0.29) is 18.3 Å². The van der Waals surface area contributed by atoms with Gasteiger partial charge in [0.1, 0.15) is 6.61 Å². The average Bonchev–Trinajstić information content (AvgIpc) is 2.58. The van der Waals surface area contributed by atoms with Crippen molar-refractivity contribution in [3.05, 3.63) is 48.1 Å². The van der Waals surface area contributed by atoms with Crippen LogP contribution in [0.4, 0.5) is 0 Å². The number of carbonyl (C=O) groups is 1. The number of methoxy groups -OCH3 is 1. The molecule has 0 aromatic heterocycles. The quantitative estimate of drug-likeness (QED) is 0.749. The Morgan fingerprint density at radius 2 is 2.26 bits per heavy atom. The number of hydrogen-bond donors (Lipinski definition) is 2. The molecule has 126 valence electrons. The van der Waals surface area contributed by atoms with Crippen LogP contribution in [0.25, 0.3) is 0 Å². The van der Waals surface area contributed by atoms with Gasteiger partial charge in [-0.3, -0.25) is 4.79 Å². The van der Waals surface area contributed by atoms with Crippen molar-refractivity contribution in [1.29, 1.82) is 0 Å². The van der Waals surface area contributed by atoms with E-state index in [0.29, 0.717) is 30.2 Å². The summed E-state index contributed by atoms with van der Waals surface area (Å²) in [5.74, 6) is 1.02. The summed E-state index contributed by atoms with van der Waals surface area (Å²) in [6, 6.07) is 5.15. The Balaban J connectivity index is 0.00000264. The fraction of sp³-hybridized carbons (Fsp3) is 0.353. The fourth-order valence-electron chi connectivity index (χ4n) is 2.20. The largest absolute Gasteiger partial charge is 0.493 e. The van der Waals surface area contributed by atoms with Crippen LogP contribution in [-0.4, -0.2) is 39.3 Å². The van der Waals surface area contributed by atoms with Crippen molar-refractivity contribution in [1.82, 2.24) is 10.6 Å². The van der Waals surface area contributed by atoms with Crippen molar-refractivity contribution in [2.75, 3.05) is 33.4 Å². The number of halogens is 1. The van der Waals surface area contributed by atoms with Gasteiger partial charge in [0.2, 0.25) is 0 Å². The fourth-order valence-corrected chi connectivity index (χ4v) is 2.20. The lowest BCUT2D eigenvalue weighted by Crippen LogP contribution is -2.29. The monoisotopic (exact) mass is 338 g/mol. The molecule has 1 heterocycles. The van der Waals surface area contributed by atoms with Gasteiger partial charge in [0, 0.05) is 18.7 Å². The smallest absolute Gasteiger partial charge is 0.251 e. The summed E-state index contributed by atoms with van der Waals surface area (Å²) in [5, 5.41) is 6.18. The summed E-state index contributed by atoms with van der Waals surface area (Å²) in [4.78, 5) is 12.2. The van der Waals surface area contributed by atoms with Gasteiger partial charge in [0.25, 0.3) is 5.91 Å². The minimum absolute atomic E-state index is 0. The number of hydrogen-bond acceptors (Lipinski definition) is 4. The topological polar surface area (TPSA) is 59.6 Å². The molecule has 6 heteroatoms. The van der Waals surface area contributed by atoms with Gasteiger partial charge in [-0.1, -0.05) is 24.3 Å². The van der Waals surface area contributed by atoms with E-state index in [1.165, 1.54) is 5.57 Å². The predicted octanol–water partition coefficient (Wildman–Crippen LogP) is 2.33.